The van der Waals surface area contributed by atoms with Gasteiger partial charge in [0.1, 0.15) is 19.0 Å². The molecule has 0 fully saturated rings. The zero-order valence-corrected chi connectivity index (χ0v) is 16.5. The highest BCUT2D eigenvalue weighted by atomic mass is 79.9. The molecular weight excluding hydrogens is 398 g/mol. The maximum atomic E-state index is 12.8. The zero-order chi connectivity index (χ0) is 18.5. The molecule has 2 aromatic rings. The number of hydrogen-bond acceptors (Lipinski definition) is 4. The third kappa shape index (κ3) is 4.30. The number of carbonyl (C=O) groups excluding carboxylic acids is 1. The Bertz CT molecular complexity index is 763. The van der Waals surface area contributed by atoms with E-state index in [0.717, 1.165) is 21.5 Å². The number of fused-ring (bicyclic) bond motifs is 1. The highest BCUT2D eigenvalue weighted by Crippen LogP contribution is 2.34. The Morgan fingerprint density at radius 1 is 1.19 bits per heavy atom. The molecule has 6 heteroatoms. The predicted molar refractivity (Wildman–Crippen MR) is 103 cm³/mol. The topological polar surface area (TPSA) is 48.0 Å². The lowest BCUT2D eigenvalue weighted by molar-refractivity contribution is -0.138. The van der Waals surface area contributed by atoms with Crippen molar-refractivity contribution in [1.29, 1.82) is 0 Å². The van der Waals surface area contributed by atoms with Crippen molar-refractivity contribution in [3.05, 3.63) is 52.5 Å². The minimum absolute atomic E-state index is 0.0650. The Morgan fingerprint density at radius 2 is 1.92 bits per heavy atom. The highest BCUT2D eigenvalue weighted by Gasteiger charge is 2.24. The van der Waals surface area contributed by atoms with Gasteiger partial charge in [-0.15, -0.1) is 0 Å². The highest BCUT2D eigenvalue weighted by molar-refractivity contribution is 9.10. The van der Waals surface area contributed by atoms with E-state index >= 15 is 0 Å². The summed E-state index contributed by atoms with van der Waals surface area (Å²) in [6.07, 6.45) is -0.576. The van der Waals surface area contributed by atoms with Crippen molar-refractivity contribution in [1.82, 2.24) is 4.90 Å². The van der Waals surface area contributed by atoms with Gasteiger partial charge in [0.25, 0.3) is 5.91 Å². The van der Waals surface area contributed by atoms with E-state index in [4.69, 9.17) is 14.2 Å². The molecule has 138 valence electrons. The summed E-state index contributed by atoms with van der Waals surface area (Å²) < 4.78 is 18.1. The molecule has 1 heterocycles. The molecule has 0 bridgehead atoms. The average molecular weight is 420 g/mol. The first kappa shape index (κ1) is 18.6. The first-order chi connectivity index (χ1) is 12.6. The van der Waals surface area contributed by atoms with Gasteiger partial charge in [-0.1, -0.05) is 28.1 Å². The summed E-state index contributed by atoms with van der Waals surface area (Å²) in [4.78, 5) is 14.6. The lowest BCUT2D eigenvalue weighted by Gasteiger charge is -2.27. The molecule has 0 aliphatic carbocycles. The second-order valence-corrected chi connectivity index (χ2v) is 6.92. The molecule has 0 saturated heterocycles. The quantitative estimate of drug-likeness (QED) is 0.708. The van der Waals surface area contributed by atoms with Crippen molar-refractivity contribution in [2.45, 2.75) is 26.5 Å². The Morgan fingerprint density at radius 3 is 2.65 bits per heavy atom. The standard InChI is InChI=1S/C20H22BrNO4/c1-3-22(13-15-5-4-6-18-19(15)25-12-11-24-18)20(23)14(2)26-17-9-7-16(21)8-10-17/h4-10,14H,3,11-13H2,1-2H3. The summed E-state index contributed by atoms with van der Waals surface area (Å²) in [5.41, 5.74) is 0.938. The fraction of sp³-hybridized carbons (Fsp3) is 0.350. The van der Waals surface area contributed by atoms with Crippen LogP contribution in [0.4, 0.5) is 0 Å². The number of likely N-dealkylation sites (N-methyl/N-ethyl adjacent to an activating group) is 1. The molecule has 0 radical (unpaired) electrons. The van der Waals surface area contributed by atoms with Gasteiger partial charge in [-0.3, -0.25) is 4.79 Å². The Hall–Kier alpha value is -2.21. The number of amides is 1. The van der Waals surface area contributed by atoms with Gasteiger partial charge in [-0.25, -0.2) is 0 Å². The largest absolute Gasteiger partial charge is 0.486 e. The third-order valence-electron chi connectivity index (χ3n) is 4.18. The zero-order valence-electron chi connectivity index (χ0n) is 14.9. The third-order valence-corrected chi connectivity index (χ3v) is 4.71. The Kier molecular flexibility index (Phi) is 6.04. The van der Waals surface area contributed by atoms with Crippen LogP contribution >= 0.6 is 15.9 Å². The van der Waals surface area contributed by atoms with Crippen LogP contribution in [-0.4, -0.2) is 36.7 Å². The molecule has 26 heavy (non-hydrogen) atoms. The van der Waals surface area contributed by atoms with Crippen molar-refractivity contribution in [3.8, 4) is 17.2 Å². The minimum atomic E-state index is -0.576. The van der Waals surface area contributed by atoms with E-state index in [0.29, 0.717) is 32.1 Å². The fourth-order valence-corrected chi connectivity index (χ4v) is 3.10. The molecule has 1 atom stereocenters. The van der Waals surface area contributed by atoms with Crippen LogP contribution in [0, 0.1) is 0 Å². The summed E-state index contributed by atoms with van der Waals surface area (Å²) >= 11 is 3.39. The summed E-state index contributed by atoms with van der Waals surface area (Å²) in [5, 5.41) is 0. The van der Waals surface area contributed by atoms with Crippen molar-refractivity contribution < 1.29 is 19.0 Å². The number of carbonyl (C=O) groups is 1. The van der Waals surface area contributed by atoms with E-state index < -0.39 is 6.10 Å². The van der Waals surface area contributed by atoms with Gasteiger partial charge in [0.15, 0.2) is 17.6 Å². The minimum Gasteiger partial charge on any atom is -0.486 e. The molecule has 3 rings (SSSR count). The van der Waals surface area contributed by atoms with Crippen molar-refractivity contribution >= 4 is 21.8 Å². The molecule has 1 aliphatic rings. The van der Waals surface area contributed by atoms with E-state index in [1.54, 1.807) is 11.8 Å². The number of rotatable bonds is 6. The lowest BCUT2D eigenvalue weighted by atomic mass is 10.1. The van der Waals surface area contributed by atoms with Crippen LogP contribution in [0.5, 0.6) is 17.2 Å². The van der Waals surface area contributed by atoms with Gasteiger partial charge >= 0.3 is 0 Å². The first-order valence-electron chi connectivity index (χ1n) is 8.67. The van der Waals surface area contributed by atoms with Crippen molar-refractivity contribution in [2.24, 2.45) is 0 Å². The van der Waals surface area contributed by atoms with Crippen LogP contribution in [0.2, 0.25) is 0 Å². The van der Waals surface area contributed by atoms with Gasteiger partial charge in [-0.2, -0.15) is 0 Å². The molecule has 0 aromatic heterocycles. The summed E-state index contributed by atoms with van der Waals surface area (Å²) in [6.45, 7) is 5.83. The van der Waals surface area contributed by atoms with Crippen LogP contribution in [-0.2, 0) is 11.3 Å². The average Bonchev–Trinajstić information content (AvgIpc) is 2.67. The van der Waals surface area contributed by atoms with Crippen LogP contribution in [0.25, 0.3) is 0 Å². The normalized spacial score (nSPS) is 13.8. The Labute approximate surface area is 162 Å². The SMILES string of the molecule is CCN(Cc1cccc2c1OCCO2)C(=O)C(C)Oc1ccc(Br)cc1. The van der Waals surface area contributed by atoms with Crippen LogP contribution in [0.3, 0.4) is 0 Å². The number of halogens is 1. The van der Waals surface area contributed by atoms with Gasteiger partial charge in [0, 0.05) is 23.1 Å². The predicted octanol–water partition coefficient (Wildman–Crippen LogP) is 4.04. The number of nitrogens with zero attached hydrogens (tertiary/aromatic N) is 1. The number of benzene rings is 2. The molecule has 2 aromatic carbocycles. The van der Waals surface area contributed by atoms with Gasteiger partial charge in [0.2, 0.25) is 0 Å². The van der Waals surface area contributed by atoms with Gasteiger partial charge < -0.3 is 19.1 Å². The summed E-state index contributed by atoms with van der Waals surface area (Å²) in [7, 11) is 0. The molecule has 0 saturated carbocycles. The van der Waals surface area contributed by atoms with Crippen LogP contribution in [0.1, 0.15) is 19.4 Å². The van der Waals surface area contributed by atoms with E-state index in [-0.39, 0.29) is 5.91 Å². The molecule has 1 unspecified atom stereocenters. The Balaban J connectivity index is 1.70. The fourth-order valence-electron chi connectivity index (χ4n) is 2.83. The second kappa shape index (κ2) is 8.45. The molecule has 1 amide bonds. The van der Waals surface area contributed by atoms with Crippen molar-refractivity contribution in [2.75, 3.05) is 19.8 Å². The summed E-state index contributed by atoms with van der Waals surface area (Å²) in [5.74, 6) is 2.06. The van der Waals surface area contributed by atoms with Crippen molar-refractivity contribution in [3.63, 3.8) is 0 Å². The van der Waals surface area contributed by atoms with E-state index in [1.165, 1.54) is 0 Å². The van der Waals surface area contributed by atoms with Gasteiger partial charge in [-0.05, 0) is 44.2 Å². The maximum Gasteiger partial charge on any atom is 0.263 e. The lowest BCUT2D eigenvalue weighted by Crippen LogP contribution is -2.40. The maximum absolute atomic E-state index is 12.8. The number of para-hydroxylation sites is 1. The van der Waals surface area contributed by atoms with E-state index in [2.05, 4.69) is 15.9 Å². The molecule has 0 N–H and O–H groups in total. The number of ether oxygens (including phenoxy) is 3. The van der Waals surface area contributed by atoms with Crippen LogP contribution < -0.4 is 14.2 Å². The molecule has 0 spiro atoms. The monoisotopic (exact) mass is 419 g/mol. The molecule has 5 nitrogen and oxygen atoms in total. The smallest absolute Gasteiger partial charge is 0.263 e. The van der Waals surface area contributed by atoms with E-state index in [1.807, 2.05) is 49.4 Å². The van der Waals surface area contributed by atoms with E-state index in [9.17, 15) is 4.79 Å². The second-order valence-electron chi connectivity index (χ2n) is 6.01. The number of hydrogen-bond donors (Lipinski definition) is 0. The molecule has 1 aliphatic heterocycles. The molecular formula is C20H22BrNO4. The summed E-state index contributed by atoms with van der Waals surface area (Å²) in [6, 6.07) is 13.2. The van der Waals surface area contributed by atoms with Gasteiger partial charge in [0.05, 0.1) is 0 Å². The van der Waals surface area contributed by atoms with Crippen LogP contribution in [0.15, 0.2) is 46.9 Å². The first-order valence-corrected chi connectivity index (χ1v) is 9.46.